The average molecular weight is 381 g/mol. The predicted octanol–water partition coefficient (Wildman–Crippen LogP) is 2.54. The first-order valence-corrected chi connectivity index (χ1v) is 8.46. The van der Waals surface area contributed by atoms with Crippen LogP contribution < -0.4 is 5.32 Å². The van der Waals surface area contributed by atoms with E-state index in [0.29, 0.717) is 23.7 Å². The van der Waals surface area contributed by atoms with E-state index >= 15 is 0 Å². The van der Waals surface area contributed by atoms with Gasteiger partial charge >= 0.3 is 0 Å². The lowest BCUT2D eigenvalue weighted by Gasteiger charge is -2.23. The van der Waals surface area contributed by atoms with E-state index in [4.69, 9.17) is 0 Å². The van der Waals surface area contributed by atoms with E-state index in [-0.39, 0.29) is 11.8 Å². The molecule has 2 heterocycles. The molecule has 8 heteroatoms. The summed E-state index contributed by atoms with van der Waals surface area (Å²) in [6, 6.07) is 6.69. The monoisotopic (exact) mass is 380 g/mol. The van der Waals surface area contributed by atoms with Gasteiger partial charge in [0.15, 0.2) is 0 Å². The van der Waals surface area contributed by atoms with E-state index in [9.17, 15) is 9.59 Å². The normalized spacial score (nSPS) is 17.5. The number of hydrogen-bond acceptors (Lipinski definition) is 5. The highest BCUT2D eigenvalue weighted by molar-refractivity contribution is 9.10. The Morgan fingerprint density at radius 3 is 2.77 bits per heavy atom. The smallest absolute Gasteiger partial charge is 0.254 e. The Balaban J connectivity index is 1.73. The van der Waals surface area contributed by atoms with E-state index in [1.54, 1.807) is 22.5 Å². The summed E-state index contributed by atoms with van der Waals surface area (Å²) in [7, 11) is 0. The Morgan fingerprint density at radius 2 is 2.09 bits per heavy atom. The summed E-state index contributed by atoms with van der Waals surface area (Å²) < 4.78 is 0.913. The van der Waals surface area contributed by atoms with Crippen LogP contribution in [-0.4, -0.2) is 39.5 Å². The molecule has 1 aliphatic rings. The van der Waals surface area contributed by atoms with Gasteiger partial charge < -0.3 is 4.90 Å². The molecule has 0 spiro atoms. The van der Waals surface area contributed by atoms with Gasteiger partial charge in [-0.2, -0.15) is 0 Å². The second-order valence-electron chi connectivity index (χ2n) is 4.90. The SMILES string of the molecule is O=C(Nc1nncs1)C1CCCN1C(=O)c1ccc(Br)cc1. The van der Waals surface area contributed by atoms with Crippen molar-refractivity contribution < 1.29 is 9.59 Å². The van der Waals surface area contributed by atoms with Crippen molar-refractivity contribution in [2.75, 3.05) is 11.9 Å². The van der Waals surface area contributed by atoms with Crippen LogP contribution in [0, 0.1) is 0 Å². The third-order valence-corrected chi connectivity index (χ3v) is 4.63. The molecule has 1 N–H and O–H groups in total. The molecule has 1 unspecified atom stereocenters. The van der Waals surface area contributed by atoms with Crippen molar-refractivity contribution in [2.24, 2.45) is 0 Å². The molecule has 1 aliphatic heterocycles. The molecule has 1 aromatic carbocycles. The first kappa shape index (κ1) is 15.1. The molecule has 1 saturated heterocycles. The maximum absolute atomic E-state index is 12.6. The minimum Gasteiger partial charge on any atom is -0.327 e. The first-order chi connectivity index (χ1) is 10.6. The molecule has 0 radical (unpaired) electrons. The van der Waals surface area contributed by atoms with Gasteiger partial charge in [0.05, 0.1) is 0 Å². The van der Waals surface area contributed by atoms with Crippen molar-refractivity contribution in [1.82, 2.24) is 15.1 Å². The molecule has 114 valence electrons. The quantitative estimate of drug-likeness (QED) is 0.887. The van der Waals surface area contributed by atoms with Gasteiger partial charge in [0, 0.05) is 16.6 Å². The topological polar surface area (TPSA) is 75.2 Å². The Labute approximate surface area is 139 Å². The van der Waals surface area contributed by atoms with Crippen LogP contribution in [0.25, 0.3) is 0 Å². The molecule has 2 aromatic rings. The summed E-state index contributed by atoms with van der Waals surface area (Å²) in [5, 5.41) is 10.6. The zero-order valence-electron chi connectivity index (χ0n) is 11.5. The minimum absolute atomic E-state index is 0.123. The fourth-order valence-electron chi connectivity index (χ4n) is 2.46. The summed E-state index contributed by atoms with van der Waals surface area (Å²) in [6.07, 6.45) is 1.48. The molecule has 3 rings (SSSR count). The van der Waals surface area contributed by atoms with Crippen LogP contribution in [0.1, 0.15) is 23.2 Å². The van der Waals surface area contributed by atoms with Gasteiger partial charge in [-0.1, -0.05) is 27.3 Å². The number of anilines is 1. The number of nitrogens with one attached hydrogen (secondary N) is 1. The van der Waals surface area contributed by atoms with Crippen molar-refractivity contribution in [1.29, 1.82) is 0 Å². The Morgan fingerprint density at radius 1 is 1.32 bits per heavy atom. The molecule has 1 atom stereocenters. The second-order valence-corrected chi connectivity index (χ2v) is 6.65. The van der Waals surface area contributed by atoms with Gasteiger partial charge in [-0.3, -0.25) is 14.9 Å². The summed E-state index contributed by atoms with van der Waals surface area (Å²) >= 11 is 4.60. The molecule has 1 aromatic heterocycles. The molecule has 0 aliphatic carbocycles. The van der Waals surface area contributed by atoms with Gasteiger partial charge in [0.25, 0.3) is 5.91 Å². The molecule has 0 bridgehead atoms. The first-order valence-electron chi connectivity index (χ1n) is 6.79. The zero-order valence-corrected chi connectivity index (χ0v) is 13.9. The van der Waals surface area contributed by atoms with Gasteiger partial charge in [-0.25, -0.2) is 0 Å². The highest BCUT2D eigenvalue weighted by atomic mass is 79.9. The van der Waals surface area contributed by atoms with Gasteiger partial charge in [0.2, 0.25) is 11.0 Å². The lowest BCUT2D eigenvalue weighted by atomic mass is 10.1. The van der Waals surface area contributed by atoms with Crippen LogP contribution in [0.2, 0.25) is 0 Å². The highest BCUT2D eigenvalue weighted by Gasteiger charge is 2.34. The number of carbonyl (C=O) groups is 2. The Kier molecular flexibility index (Phi) is 4.49. The van der Waals surface area contributed by atoms with Crippen LogP contribution in [0.3, 0.4) is 0 Å². The van der Waals surface area contributed by atoms with Gasteiger partial charge in [-0.15, -0.1) is 10.2 Å². The fraction of sp³-hybridized carbons (Fsp3) is 0.286. The summed E-state index contributed by atoms with van der Waals surface area (Å²) in [5.41, 5.74) is 2.13. The molecular weight excluding hydrogens is 368 g/mol. The average Bonchev–Trinajstić information content (AvgIpc) is 3.18. The van der Waals surface area contributed by atoms with Crippen molar-refractivity contribution in [3.05, 3.63) is 39.8 Å². The number of benzene rings is 1. The molecule has 6 nitrogen and oxygen atoms in total. The summed E-state index contributed by atoms with van der Waals surface area (Å²) in [6.45, 7) is 0.586. The van der Waals surface area contributed by atoms with Crippen molar-refractivity contribution in [2.45, 2.75) is 18.9 Å². The van der Waals surface area contributed by atoms with E-state index in [1.165, 1.54) is 11.3 Å². The standard InChI is InChI=1S/C14H13BrN4O2S/c15-10-5-3-9(4-6-10)13(21)19-7-1-2-11(19)12(20)17-14-18-16-8-22-14/h3-6,8,11H,1-2,7H2,(H,17,18,20). The van der Waals surface area contributed by atoms with Crippen molar-refractivity contribution >= 4 is 44.2 Å². The Hall–Kier alpha value is -1.80. The van der Waals surface area contributed by atoms with E-state index in [0.717, 1.165) is 10.9 Å². The van der Waals surface area contributed by atoms with Gasteiger partial charge in [-0.05, 0) is 37.1 Å². The number of amides is 2. The molecule has 1 fully saturated rings. The third-order valence-electron chi connectivity index (χ3n) is 3.50. The van der Waals surface area contributed by atoms with Gasteiger partial charge in [0.1, 0.15) is 11.6 Å². The maximum Gasteiger partial charge on any atom is 0.254 e. The number of rotatable bonds is 3. The van der Waals surface area contributed by atoms with E-state index in [2.05, 4.69) is 31.4 Å². The maximum atomic E-state index is 12.6. The number of halogens is 1. The largest absolute Gasteiger partial charge is 0.327 e. The van der Waals surface area contributed by atoms with Crippen LogP contribution >= 0.6 is 27.3 Å². The molecule has 22 heavy (non-hydrogen) atoms. The summed E-state index contributed by atoms with van der Waals surface area (Å²) in [4.78, 5) is 26.5. The molecule has 0 saturated carbocycles. The Bertz CT molecular complexity index is 675. The lowest BCUT2D eigenvalue weighted by Crippen LogP contribution is -2.43. The van der Waals surface area contributed by atoms with Crippen LogP contribution in [0.5, 0.6) is 0 Å². The van der Waals surface area contributed by atoms with E-state index in [1.807, 2.05) is 12.1 Å². The number of nitrogens with zero attached hydrogens (tertiary/aromatic N) is 3. The lowest BCUT2D eigenvalue weighted by molar-refractivity contribution is -0.119. The van der Waals surface area contributed by atoms with E-state index < -0.39 is 6.04 Å². The second kappa shape index (κ2) is 6.53. The number of hydrogen-bond donors (Lipinski definition) is 1. The predicted molar refractivity (Wildman–Crippen MR) is 86.7 cm³/mol. The fourth-order valence-corrected chi connectivity index (χ4v) is 3.17. The van der Waals surface area contributed by atoms with Crippen LogP contribution in [-0.2, 0) is 4.79 Å². The summed E-state index contributed by atoms with van der Waals surface area (Å²) in [5.74, 6) is -0.331. The molecular formula is C14H13BrN4O2S. The number of carbonyl (C=O) groups excluding carboxylic acids is 2. The zero-order chi connectivity index (χ0) is 15.5. The van der Waals surface area contributed by atoms with Crippen molar-refractivity contribution in [3.8, 4) is 0 Å². The highest BCUT2D eigenvalue weighted by Crippen LogP contribution is 2.22. The third kappa shape index (κ3) is 3.17. The van der Waals surface area contributed by atoms with Crippen LogP contribution in [0.4, 0.5) is 5.13 Å². The number of likely N-dealkylation sites (tertiary alicyclic amines) is 1. The van der Waals surface area contributed by atoms with Crippen LogP contribution in [0.15, 0.2) is 34.2 Å². The van der Waals surface area contributed by atoms with Crippen molar-refractivity contribution in [3.63, 3.8) is 0 Å². The molecule has 2 amide bonds. The minimum atomic E-state index is -0.458. The number of aromatic nitrogens is 2.